The number of rotatable bonds is 59. The summed E-state index contributed by atoms with van der Waals surface area (Å²) in [7, 11) is 0. The lowest BCUT2D eigenvalue weighted by molar-refractivity contribution is -0.167. The minimum absolute atomic E-state index is 0.0891. The van der Waals surface area contributed by atoms with Crippen molar-refractivity contribution in [1.29, 1.82) is 0 Å². The van der Waals surface area contributed by atoms with Crippen LogP contribution >= 0.6 is 0 Å². The van der Waals surface area contributed by atoms with Crippen LogP contribution in [-0.4, -0.2) is 37.2 Å². The monoisotopic (exact) mass is 1130 g/mol. The van der Waals surface area contributed by atoms with Gasteiger partial charge in [-0.1, -0.05) is 294 Å². The van der Waals surface area contributed by atoms with Crippen LogP contribution in [0, 0.1) is 0 Å². The van der Waals surface area contributed by atoms with Crippen molar-refractivity contribution in [2.75, 3.05) is 13.2 Å². The lowest BCUT2D eigenvalue weighted by Gasteiger charge is -2.18. The Morgan fingerprint density at radius 3 is 0.744 bits per heavy atom. The molecule has 0 N–H and O–H groups in total. The van der Waals surface area contributed by atoms with E-state index >= 15 is 0 Å². The molecule has 0 saturated heterocycles. The van der Waals surface area contributed by atoms with Gasteiger partial charge in [-0.3, -0.25) is 14.4 Å². The molecule has 0 aromatic rings. The third-order valence-electron chi connectivity index (χ3n) is 13.8. The van der Waals surface area contributed by atoms with Crippen molar-refractivity contribution in [2.45, 2.75) is 290 Å². The van der Waals surface area contributed by atoms with Crippen molar-refractivity contribution in [3.8, 4) is 0 Å². The van der Waals surface area contributed by atoms with Crippen molar-refractivity contribution in [2.24, 2.45) is 0 Å². The second-order valence-electron chi connectivity index (χ2n) is 21.6. The third kappa shape index (κ3) is 65.8. The number of carbonyl (C=O) groups excluding carboxylic acids is 3. The van der Waals surface area contributed by atoms with Gasteiger partial charge < -0.3 is 14.2 Å². The van der Waals surface area contributed by atoms with Gasteiger partial charge in [0.25, 0.3) is 0 Å². The predicted octanol–water partition coefficient (Wildman–Crippen LogP) is 23.3. The van der Waals surface area contributed by atoms with E-state index in [-0.39, 0.29) is 31.1 Å². The maximum atomic E-state index is 12.9. The fourth-order valence-corrected chi connectivity index (χ4v) is 8.84. The second kappa shape index (κ2) is 68.5. The zero-order valence-corrected chi connectivity index (χ0v) is 52.9. The van der Waals surface area contributed by atoms with Gasteiger partial charge in [-0.05, 0) is 128 Å². The predicted molar refractivity (Wildman–Crippen MR) is 357 cm³/mol. The molecule has 0 spiro atoms. The van der Waals surface area contributed by atoms with Crippen LogP contribution in [0.5, 0.6) is 0 Å². The summed E-state index contributed by atoms with van der Waals surface area (Å²) in [5.41, 5.74) is 0. The molecule has 0 aliphatic rings. The van der Waals surface area contributed by atoms with Crippen LogP contribution in [-0.2, 0) is 28.6 Å². The van der Waals surface area contributed by atoms with E-state index in [9.17, 15) is 14.4 Å². The van der Waals surface area contributed by atoms with Gasteiger partial charge in [0.15, 0.2) is 6.10 Å². The van der Waals surface area contributed by atoms with Crippen molar-refractivity contribution in [3.63, 3.8) is 0 Å². The largest absolute Gasteiger partial charge is 0.462 e. The topological polar surface area (TPSA) is 78.9 Å². The molecule has 0 amide bonds. The van der Waals surface area contributed by atoms with Crippen LogP contribution in [0.15, 0.2) is 158 Å². The van der Waals surface area contributed by atoms with E-state index < -0.39 is 6.10 Å². The average molecular weight is 1130 g/mol. The molecule has 0 saturated carbocycles. The van der Waals surface area contributed by atoms with E-state index in [0.29, 0.717) is 19.3 Å². The Hall–Kier alpha value is -4.97. The molecule has 0 rings (SSSR count). The number of allylic oxidation sites excluding steroid dienone is 26. The minimum atomic E-state index is -0.793. The molecule has 0 aliphatic heterocycles. The summed E-state index contributed by atoms with van der Waals surface area (Å²) in [4.78, 5) is 38.2. The molecular weight excluding hydrogens is 1010 g/mol. The fraction of sp³-hybridized carbons (Fsp3) is 0.618. The quantitative estimate of drug-likeness (QED) is 0.0261. The molecular formula is C76H122O6. The van der Waals surface area contributed by atoms with Gasteiger partial charge in [-0.2, -0.15) is 0 Å². The summed E-state index contributed by atoms with van der Waals surface area (Å²) in [6.07, 6.45) is 99.8. The molecule has 0 heterocycles. The zero-order chi connectivity index (χ0) is 59.2. The summed E-state index contributed by atoms with van der Waals surface area (Å²) in [6, 6.07) is 0. The third-order valence-corrected chi connectivity index (χ3v) is 13.8. The van der Waals surface area contributed by atoms with Crippen molar-refractivity contribution in [3.05, 3.63) is 158 Å². The number of carbonyl (C=O) groups is 3. The normalized spacial score (nSPS) is 13.2. The van der Waals surface area contributed by atoms with Gasteiger partial charge in [0.05, 0.1) is 0 Å². The molecule has 82 heavy (non-hydrogen) atoms. The van der Waals surface area contributed by atoms with E-state index in [2.05, 4.69) is 179 Å². The lowest BCUT2D eigenvalue weighted by atomic mass is 10.1. The van der Waals surface area contributed by atoms with E-state index in [1.54, 1.807) is 0 Å². The van der Waals surface area contributed by atoms with E-state index in [0.717, 1.165) is 161 Å². The summed E-state index contributed by atoms with van der Waals surface area (Å²) in [5.74, 6) is -0.916. The Labute approximate surface area is 505 Å². The van der Waals surface area contributed by atoms with Gasteiger partial charge in [-0.25, -0.2) is 0 Å². The number of esters is 3. The molecule has 6 nitrogen and oxygen atoms in total. The number of unbranched alkanes of at least 4 members (excludes halogenated alkanes) is 22. The number of hydrogen-bond donors (Lipinski definition) is 0. The van der Waals surface area contributed by atoms with E-state index in [1.807, 2.05) is 0 Å². The first kappa shape index (κ1) is 77.0. The standard InChI is InChI=1S/C76H122O6/c1-4-7-10-13-16-19-21-23-25-27-29-31-33-35-36-37-38-39-40-42-43-45-47-49-51-53-55-57-60-63-66-69-75(78)81-72-73(71-80-74(77)68-65-62-59-18-15-12-9-6-3)82-76(79)70-67-64-61-58-56-54-52-50-48-46-44-41-34-32-30-28-26-24-22-20-17-14-11-8-5-2/h7-8,10-11,16-17,19-20,23-26,29-32,35-36,38-39,41-44,47,49,73H,4-6,9,12-15,18,21-22,27-28,33-34,37,40,45-46,48,50-72H2,1-3H3/b10-7-,11-8-,19-16-,20-17-,25-23-,26-24-,31-29-,32-30-,36-35-,39-38-,43-42-,44-41-,49-47-. The van der Waals surface area contributed by atoms with E-state index in [4.69, 9.17) is 14.2 Å². The molecule has 0 bridgehead atoms. The van der Waals surface area contributed by atoms with Crippen LogP contribution in [0.25, 0.3) is 0 Å². The van der Waals surface area contributed by atoms with Crippen LogP contribution in [0.4, 0.5) is 0 Å². The van der Waals surface area contributed by atoms with Gasteiger partial charge >= 0.3 is 17.9 Å². The summed E-state index contributed by atoms with van der Waals surface area (Å²) in [6.45, 7) is 6.37. The molecule has 1 unspecified atom stereocenters. The molecule has 0 radical (unpaired) electrons. The summed E-state index contributed by atoms with van der Waals surface area (Å²) in [5, 5.41) is 0. The van der Waals surface area contributed by atoms with Crippen LogP contribution in [0.1, 0.15) is 284 Å². The Kier molecular flexibility index (Phi) is 64.4. The van der Waals surface area contributed by atoms with Crippen LogP contribution in [0.2, 0.25) is 0 Å². The van der Waals surface area contributed by atoms with Crippen LogP contribution in [0.3, 0.4) is 0 Å². The highest BCUT2D eigenvalue weighted by Crippen LogP contribution is 2.15. The Bertz CT molecular complexity index is 1830. The molecule has 0 aromatic carbocycles. The molecule has 0 fully saturated rings. The van der Waals surface area contributed by atoms with Gasteiger partial charge in [0.2, 0.25) is 0 Å². The van der Waals surface area contributed by atoms with Gasteiger partial charge in [0.1, 0.15) is 13.2 Å². The maximum Gasteiger partial charge on any atom is 0.306 e. The van der Waals surface area contributed by atoms with Crippen molar-refractivity contribution < 1.29 is 28.6 Å². The summed E-state index contributed by atoms with van der Waals surface area (Å²) >= 11 is 0. The SMILES string of the molecule is CC/C=C\C/C=C\C/C=C\C/C=C\C/C=C\C/C=C\C/C=C\C/C=C\CCCCCCCCC(=O)OCC(COC(=O)CCCCCCCCCC)OC(=O)CCCCCCCCCCC/C=C\C/C=C\C/C=C\C/C=C\C/C=C\CC. The molecule has 6 heteroatoms. The first-order valence-corrected chi connectivity index (χ1v) is 33.5. The zero-order valence-electron chi connectivity index (χ0n) is 52.9. The first-order chi connectivity index (χ1) is 40.5. The first-order valence-electron chi connectivity index (χ1n) is 33.5. The number of hydrogen-bond acceptors (Lipinski definition) is 6. The molecule has 0 aromatic heterocycles. The minimum Gasteiger partial charge on any atom is -0.462 e. The van der Waals surface area contributed by atoms with E-state index in [1.165, 1.54) is 83.5 Å². The second-order valence-corrected chi connectivity index (χ2v) is 21.6. The maximum absolute atomic E-state index is 12.9. The van der Waals surface area contributed by atoms with Crippen molar-refractivity contribution in [1.82, 2.24) is 0 Å². The van der Waals surface area contributed by atoms with Crippen LogP contribution < -0.4 is 0 Å². The average Bonchev–Trinajstić information content (AvgIpc) is 3.47. The highest BCUT2D eigenvalue weighted by atomic mass is 16.6. The highest BCUT2D eigenvalue weighted by molar-refractivity contribution is 5.71. The summed E-state index contributed by atoms with van der Waals surface area (Å²) < 4.78 is 16.9. The molecule has 1 atom stereocenters. The highest BCUT2D eigenvalue weighted by Gasteiger charge is 2.19. The Balaban J connectivity index is 4.25. The lowest BCUT2D eigenvalue weighted by Crippen LogP contribution is -2.30. The molecule has 0 aliphatic carbocycles. The molecule has 462 valence electrons. The smallest absolute Gasteiger partial charge is 0.306 e. The number of ether oxygens (including phenoxy) is 3. The van der Waals surface area contributed by atoms with Gasteiger partial charge in [-0.15, -0.1) is 0 Å². The Morgan fingerprint density at radius 2 is 0.476 bits per heavy atom. The van der Waals surface area contributed by atoms with Crippen molar-refractivity contribution >= 4 is 17.9 Å². The Morgan fingerprint density at radius 1 is 0.256 bits per heavy atom. The fourth-order valence-electron chi connectivity index (χ4n) is 8.84. The van der Waals surface area contributed by atoms with Gasteiger partial charge in [0, 0.05) is 19.3 Å².